The number of hydrogen-bond acceptors (Lipinski definition) is 4. The minimum Gasteiger partial charge on any atom is -0.355 e. The molecule has 2 aliphatic heterocycles. The number of nitrogens with one attached hydrogen (secondary N) is 2. The van der Waals surface area contributed by atoms with Gasteiger partial charge in [-0.1, -0.05) is 0 Å². The fourth-order valence-electron chi connectivity index (χ4n) is 2.50. The molecule has 1 saturated heterocycles. The summed E-state index contributed by atoms with van der Waals surface area (Å²) in [5.41, 5.74) is 1.34. The van der Waals surface area contributed by atoms with Crippen LogP contribution in [0.5, 0.6) is 0 Å². The van der Waals surface area contributed by atoms with Crippen LogP contribution in [0.25, 0.3) is 0 Å². The summed E-state index contributed by atoms with van der Waals surface area (Å²) in [6.45, 7) is 0.730. The lowest BCUT2D eigenvalue weighted by atomic mass is 10.2. The topological polar surface area (TPSA) is 95.6 Å². The molecule has 0 spiro atoms. The Balaban J connectivity index is 1.90. The number of rotatable bonds is 2. The highest BCUT2D eigenvalue weighted by Crippen LogP contribution is 2.27. The SMILES string of the molecule is O=C1CCN(S(=O)(=O)c2ccc3c(c2)CC(=O)N3)CCN1. The van der Waals surface area contributed by atoms with Gasteiger partial charge in [-0.3, -0.25) is 9.59 Å². The summed E-state index contributed by atoms with van der Waals surface area (Å²) in [6.07, 6.45) is 0.350. The fourth-order valence-corrected chi connectivity index (χ4v) is 3.99. The molecule has 0 aliphatic carbocycles. The number of benzene rings is 1. The summed E-state index contributed by atoms with van der Waals surface area (Å²) < 4.78 is 26.5. The Kier molecular flexibility index (Phi) is 3.42. The van der Waals surface area contributed by atoms with Gasteiger partial charge in [-0.25, -0.2) is 8.42 Å². The molecule has 2 N–H and O–H groups in total. The Morgan fingerprint density at radius 3 is 2.71 bits per heavy atom. The van der Waals surface area contributed by atoms with Gasteiger partial charge in [0.2, 0.25) is 21.8 Å². The Labute approximate surface area is 122 Å². The number of sulfonamides is 1. The molecule has 21 heavy (non-hydrogen) atoms. The predicted molar refractivity (Wildman–Crippen MR) is 75.2 cm³/mol. The molecule has 1 aromatic carbocycles. The molecule has 1 aromatic rings. The van der Waals surface area contributed by atoms with Gasteiger partial charge in [0, 0.05) is 31.7 Å². The first-order valence-electron chi connectivity index (χ1n) is 6.66. The lowest BCUT2D eigenvalue weighted by Crippen LogP contribution is -2.34. The fraction of sp³-hybridized carbons (Fsp3) is 0.385. The van der Waals surface area contributed by atoms with Crippen LogP contribution in [0.1, 0.15) is 12.0 Å². The molecule has 112 valence electrons. The van der Waals surface area contributed by atoms with Crippen molar-refractivity contribution >= 4 is 27.5 Å². The molecule has 0 radical (unpaired) electrons. The summed E-state index contributed by atoms with van der Waals surface area (Å²) in [7, 11) is -3.65. The van der Waals surface area contributed by atoms with Crippen LogP contribution in [-0.2, 0) is 26.0 Å². The zero-order chi connectivity index (χ0) is 15.0. The van der Waals surface area contributed by atoms with Crippen LogP contribution in [-0.4, -0.2) is 44.2 Å². The van der Waals surface area contributed by atoms with Crippen LogP contribution in [0.2, 0.25) is 0 Å². The number of anilines is 1. The van der Waals surface area contributed by atoms with Gasteiger partial charge in [-0.15, -0.1) is 0 Å². The molecule has 3 rings (SSSR count). The van der Waals surface area contributed by atoms with Gasteiger partial charge in [0.1, 0.15) is 0 Å². The van der Waals surface area contributed by atoms with Crippen LogP contribution in [0.4, 0.5) is 5.69 Å². The van der Waals surface area contributed by atoms with E-state index in [-0.39, 0.29) is 42.6 Å². The van der Waals surface area contributed by atoms with Crippen LogP contribution in [0, 0.1) is 0 Å². The van der Waals surface area contributed by atoms with Crippen molar-refractivity contribution in [3.8, 4) is 0 Å². The number of carbonyl (C=O) groups excluding carboxylic acids is 2. The van der Waals surface area contributed by atoms with E-state index in [1.54, 1.807) is 6.07 Å². The molecule has 0 atom stereocenters. The van der Waals surface area contributed by atoms with Gasteiger partial charge in [0.25, 0.3) is 0 Å². The van der Waals surface area contributed by atoms with Gasteiger partial charge in [0.15, 0.2) is 0 Å². The Bertz CT molecular complexity index is 714. The van der Waals surface area contributed by atoms with Crippen molar-refractivity contribution < 1.29 is 18.0 Å². The van der Waals surface area contributed by atoms with Crippen molar-refractivity contribution in [3.05, 3.63) is 23.8 Å². The number of nitrogens with zero attached hydrogens (tertiary/aromatic N) is 1. The molecule has 1 fully saturated rings. The second-order valence-electron chi connectivity index (χ2n) is 5.05. The van der Waals surface area contributed by atoms with Crippen molar-refractivity contribution in [3.63, 3.8) is 0 Å². The van der Waals surface area contributed by atoms with Crippen molar-refractivity contribution in [1.29, 1.82) is 0 Å². The molecule has 0 bridgehead atoms. The molecule has 2 heterocycles. The third-order valence-electron chi connectivity index (χ3n) is 3.61. The molecule has 8 heteroatoms. The molecular formula is C13H15N3O4S. The van der Waals surface area contributed by atoms with Crippen molar-refractivity contribution in [1.82, 2.24) is 9.62 Å². The second-order valence-corrected chi connectivity index (χ2v) is 6.99. The monoisotopic (exact) mass is 309 g/mol. The van der Waals surface area contributed by atoms with Gasteiger partial charge in [-0.05, 0) is 23.8 Å². The first kappa shape index (κ1) is 14.0. The quantitative estimate of drug-likeness (QED) is 0.783. The maximum Gasteiger partial charge on any atom is 0.243 e. The van der Waals surface area contributed by atoms with Gasteiger partial charge < -0.3 is 10.6 Å². The third kappa shape index (κ3) is 2.64. The first-order valence-corrected chi connectivity index (χ1v) is 8.10. The Morgan fingerprint density at radius 2 is 1.90 bits per heavy atom. The molecule has 0 saturated carbocycles. The smallest absolute Gasteiger partial charge is 0.243 e. The number of carbonyl (C=O) groups is 2. The minimum atomic E-state index is -3.65. The van der Waals surface area contributed by atoms with E-state index >= 15 is 0 Å². The van der Waals surface area contributed by atoms with E-state index in [1.807, 2.05) is 0 Å². The van der Waals surface area contributed by atoms with Gasteiger partial charge in [0.05, 0.1) is 11.3 Å². The predicted octanol–water partition coefficient (Wildman–Crippen LogP) is -0.308. The molecule has 7 nitrogen and oxygen atoms in total. The summed E-state index contributed by atoms with van der Waals surface area (Å²) in [4.78, 5) is 22.8. The van der Waals surface area contributed by atoms with Crippen LogP contribution >= 0.6 is 0 Å². The maximum absolute atomic E-state index is 12.6. The standard InChI is InChI=1S/C13H15N3O4S/c17-12-3-5-16(6-4-14-12)21(19,20)10-1-2-11-9(7-10)8-13(18)15-11/h1-2,7H,3-6,8H2,(H,14,17)(H,15,18). The van der Waals surface area contributed by atoms with E-state index in [4.69, 9.17) is 0 Å². The summed E-state index contributed by atoms with van der Waals surface area (Å²) >= 11 is 0. The Hall–Kier alpha value is -1.93. The van der Waals surface area contributed by atoms with Crippen LogP contribution in [0.15, 0.2) is 23.1 Å². The lowest BCUT2D eigenvalue weighted by molar-refractivity contribution is -0.120. The number of hydrogen-bond donors (Lipinski definition) is 2. The van der Waals surface area contributed by atoms with Crippen LogP contribution in [0.3, 0.4) is 0 Å². The molecule has 2 aliphatic rings. The lowest BCUT2D eigenvalue weighted by Gasteiger charge is -2.19. The zero-order valence-electron chi connectivity index (χ0n) is 11.3. The second kappa shape index (κ2) is 5.12. The van der Waals surface area contributed by atoms with E-state index in [1.165, 1.54) is 16.4 Å². The average molecular weight is 309 g/mol. The molecular weight excluding hydrogens is 294 g/mol. The van der Waals surface area contributed by atoms with Crippen molar-refractivity contribution in [2.24, 2.45) is 0 Å². The molecule has 0 aromatic heterocycles. The van der Waals surface area contributed by atoms with E-state index in [9.17, 15) is 18.0 Å². The molecule has 0 unspecified atom stereocenters. The van der Waals surface area contributed by atoms with Crippen molar-refractivity contribution in [2.75, 3.05) is 25.0 Å². The van der Waals surface area contributed by atoms with E-state index in [2.05, 4.69) is 10.6 Å². The van der Waals surface area contributed by atoms with E-state index < -0.39 is 10.0 Å². The Morgan fingerprint density at radius 1 is 1.10 bits per heavy atom. The van der Waals surface area contributed by atoms with Gasteiger partial charge >= 0.3 is 0 Å². The highest BCUT2D eigenvalue weighted by Gasteiger charge is 2.28. The summed E-state index contributed by atoms with van der Waals surface area (Å²) in [5.74, 6) is -0.277. The van der Waals surface area contributed by atoms with E-state index in [0.717, 1.165) is 0 Å². The van der Waals surface area contributed by atoms with E-state index in [0.29, 0.717) is 17.8 Å². The van der Waals surface area contributed by atoms with Crippen LogP contribution < -0.4 is 10.6 Å². The normalized spacial score (nSPS) is 19.6. The highest BCUT2D eigenvalue weighted by atomic mass is 32.2. The maximum atomic E-state index is 12.6. The highest BCUT2D eigenvalue weighted by molar-refractivity contribution is 7.89. The van der Waals surface area contributed by atoms with Gasteiger partial charge in [-0.2, -0.15) is 4.31 Å². The third-order valence-corrected chi connectivity index (χ3v) is 5.51. The average Bonchev–Trinajstić information content (AvgIpc) is 2.66. The first-order chi connectivity index (χ1) is 9.96. The minimum absolute atomic E-state index is 0.135. The zero-order valence-corrected chi connectivity index (χ0v) is 12.1. The number of amides is 2. The van der Waals surface area contributed by atoms with Crippen molar-refractivity contribution in [2.45, 2.75) is 17.7 Å². The number of fused-ring (bicyclic) bond motifs is 1. The summed E-state index contributed by atoms with van der Waals surface area (Å²) in [5, 5.41) is 5.32. The summed E-state index contributed by atoms with van der Waals surface area (Å²) in [6, 6.07) is 4.62. The largest absolute Gasteiger partial charge is 0.355 e. The molecule has 2 amide bonds.